The number of aryl methyl sites for hydroxylation is 2. The number of hydrogen-bond donors (Lipinski definition) is 3. The number of hydrogen-bond acceptors (Lipinski definition) is 8. The molecular weight excluding hydrogens is 510 g/mol. The summed E-state index contributed by atoms with van der Waals surface area (Å²) in [6, 6.07) is 3.40. The maximum atomic E-state index is 12.3. The summed E-state index contributed by atoms with van der Waals surface area (Å²) in [5.41, 5.74) is 14.0. The number of aromatic nitrogens is 3. The second-order valence-electron chi connectivity index (χ2n) is 11.7. The Kier molecular flexibility index (Phi) is 8.93. The van der Waals surface area contributed by atoms with Crippen LogP contribution in [0, 0.1) is 24.7 Å². The van der Waals surface area contributed by atoms with Gasteiger partial charge >= 0.3 is 0 Å². The molecule has 2 aromatic rings. The fourth-order valence-electron chi connectivity index (χ4n) is 5.83. The molecule has 1 aliphatic carbocycles. The van der Waals surface area contributed by atoms with Crippen molar-refractivity contribution < 1.29 is 9.53 Å². The number of ether oxygens (including phenoxy) is 1. The first kappa shape index (κ1) is 29.0. The minimum Gasteiger partial charge on any atom is -0.479 e. The van der Waals surface area contributed by atoms with Crippen molar-refractivity contribution in [2.45, 2.75) is 76.7 Å². The van der Waals surface area contributed by atoms with Crippen LogP contribution >= 0.6 is 12.6 Å². The molecule has 1 amide bonds. The number of rotatable bonds is 12. The molecule has 2 fully saturated rings. The molecule has 1 saturated carbocycles. The standard InChI is InChI=1S/C29H43N7O2S/c1-6-7-21(20-8-9-20)17-38-24(30)12-13-32-25-11-10-22(27(31)37)28(33-25)36-16-19(15-29(36,3)4)14-23-26(39)18(2)34-35(23)5/h10-13,19-21,39H,6-9,14-17,30H2,1-5H3,(H2,31,37)/t19-,21?/m0/s1. The summed E-state index contributed by atoms with van der Waals surface area (Å²) in [6.07, 6.45) is 9.91. The summed E-state index contributed by atoms with van der Waals surface area (Å²) in [4.78, 5) is 24.7. The van der Waals surface area contributed by atoms with Gasteiger partial charge in [-0.1, -0.05) is 13.3 Å². The Bertz CT molecular complexity index is 1250. The first-order valence-electron chi connectivity index (χ1n) is 13.9. The second kappa shape index (κ2) is 12.0. The van der Waals surface area contributed by atoms with E-state index in [9.17, 15) is 4.79 Å². The lowest BCUT2D eigenvalue weighted by Crippen LogP contribution is -2.40. The van der Waals surface area contributed by atoms with Crippen molar-refractivity contribution in [2.24, 2.45) is 41.3 Å². The molecule has 1 saturated heterocycles. The van der Waals surface area contributed by atoms with E-state index in [4.69, 9.17) is 21.2 Å². The van der Waals surface area contributed by atoms with Gasteiger partial charge in [-0.25, -0.2) is 9.98 Å². The van der Waals surface area contributed by atoms with E-state index in [2.05, 4.69) is 48.4 Å². The lowest BCUT2D eigenvalue weighted by atomic mass is 9.93. The van der Waals surface area contributed by atoms with Gasteiger partial charge in [0.1, 0.15) is 5.82 Å². The van der Waals surface area contributed by atoms with E-state index >= 15 is 0 Å². The molecule has 0 spiro atoms. The van der Waals surface area contributed by atoms with Crippen molar-refractivity contribution in [2.75, 3.05) is 18.1 Å². The highest BCUT2D eigenvalue weighted by Gasteiger charge is 2.41. The Morgan fingerprint density at radius 2 is 2.08 bits per heavy atom. The number of amides is 1. The number of nitrogens with zero attached hydrogens (tertiary/aromatic N) is 5. The van der Waals surface area contributed by atoms with Crippen LogP contribution in [-0.4, -0.2) is 45.6 Å². The second-order valence-corrected chi connectivity index (χ2v) is 12.1. The van der Waals surface area contributed by atoms with Gasteiger partial charge in [0.15, 0.2) is 11.7 Å². The summed E-state index contributed by atoms with van der Waals surface area (Å²) in [5, 5.41) is 4.51. The van der Waals surface area contributed by atoms with Crippen LogP contribution in [0.4, 0.5) is 11.6 Å². The van der Waals surface area contributed by atoms with Crippen molar-refractivity contribution in [3.8, 4) is 0 Å². The van der Waals surface area contributed by atoms with Gasteiger partial charge in [-0.3, -0.25) is 9.48 Å². The van der Waals surface area contributed by atoms with E-state index in [1.165, 1.54) is 12.8 Å². The average molecular weight is 554 g/mol. The van der Waals surface area contributed by atoms with E-state index in [-0.39, 0.29) is 5.54 Å². The van der Waals surface area contributed by atoms with Gasteiger partial charge in [0.2, 0.25) is 0 Å². The fourth-order valence-corrected chi connectivity index (χ4v) is 6.11. The lowest BCUT2D eigenvalue weighted by Gasteiger charge is -2.33. The number of allylic oxidation sites excluding steroid dienone is 1. The third kappa shape index (κ3) is 6.96. The maximum Gasteiger partial charge on any atom is 0.252 e. The molecule has 2 aliphatic rings. The van der Waals surface area contributed by atoms with Gasteiger partial charge in [-0.15, -0.1) is 12.6 Å². The van der Waals surface area contributed by atoms with Crippen LogP contribution < -0.4 is 16.4 Å². The summed E-state index contributed by atoms with van der Waals surface area (Å²) >= 11 is 4.68. The Hall–Kier alpha value is -3.01. The number of anilines is 1. The number of carbonyl (C=O) groups is 1. The van der Waals surface area contributed by atoms with E-state index < -0.39 is 5.91 Å². The van der Waals surface area contributed by atoms with E-state index in [0.717, 1.165) is 54.4 Å². The molecule has 4 rings (SSSR count). The molecule has 2 atom stereocenters. The highest BCUT2D eigenvalue weighted by Crippen LogP contribution is 2.40. The number of pyridine rings is 1. The zero-order valence-electron chi connectivity index (χ0n) is 23.9. The molecular formula is C29H43N7O2S. The molecule has 9 nitrogen and oxygen atoms in total. The molecule has 1 unspecified atom stereocenters. The Morgan fingerprint density at radius 3 is 2.69 bits per heavy atom. The first-order valence-corrected chi connectivity index (χ1v) is 14.4. The number of thiol groups is 1. The molecule has 0 aromatic carbocycles. The van der Waals surface area contributed by atoms with Crippen LogP contribution in [0.25, 0.3) is 0 Å². The molecule has 4 N–H and O–H groups in total. The predicted molar refractivity (Wildman–Crippen MR) is 159 cm³/mol. The zero-order chi connectivity index (χ0) is 28.3. The smallest absolute Gasteiger partial charge is 0.252 e. The molecule has 212 valence electrons. The molecule has 3 heterocycles. The highest BCUT2D eigenvalue weighted by atomic mass is 32.1. The van der Waals surface area contributed by atoms with Gasteiger partial charge in [-0.05, 0) is 82.8 Å². The Balaban J connectivity index is 1.49. The van der Waals surface area contributed by atoms with E-state index in [1.54, 1.807) is 24.4 Å². The molecule has 1 aliphatic heterocycles. The third-order valence-corrected chi connectivity index (χ3v) is 8.57. The average Bonchev–Trinajstić information content (AvgIpc) is 3.63. The minimum atomic E-state index is -0.512. The van der Waals surface area contributed by atoms with Gasteiger partial charge in [0, 0.05) is 36.3 Å². The predicted octanol–water partition coefficient (Wildman–Crippen LogP) is 4.70. The third-order valence-electron chi connectivity index (χ3n) is 7.99. The normalized spacial score (nSPS) is 20.1. The quantitative estimate of drug-likeness (QED) is 0.199. The van der Waals surface area contributed by atoms with E-state index in [1.807, 2.05) is 18.7 Å². The van der Waals surface area contributed by atoms with Crippen LogP contribution in [0.2, 0.25) is 0 Å². The number of aliphatic imine (C=N–C) groups is 1. The molecule has 0 radical (unpaired) electrons. The highest BCUT2D eigenvalue weighted by molar-refractivity contribution is 7.80. The van der Waals surface area contributed by atoms with Crippen molar-refractivity contribution in [3.63, 3.8) is 0 Å². The minimum absolute atomic E-state index is 0.233. The largest absolute Gasteiger partial charge is 0.479 e. The first-order chi connectivity index (χ1) is 18.5. The maximum absolute atomic E-state index is 12.3. The zero-order valence-corrected chi connectivity index (χ0v) is 24.7. The summed E-state index contributed by atoms with van der Waals surface area (Å²) in [5.74, 6) is 2.53. The van der Waals surface area contributed by atoms with Crippen molar-refractivity contribution in [1.82, 2.24) is 14.8 Å². The van der Waals surface area contributed by atoms with Crippen molar-refractivity contribution >= 4 is 36.4 Å². The number of nitrogens with two attached hydrogens (primary N) is 2. The van der Waals surface area contributed by atoms with Crippen LogP contribution in [0.1, 0.15) is 74.6 Å². The molecule has 39 heavy (non-hydrogen) atoms. The lowest BCUT2D eigenvalue weighted by molar-refractivity contribution is 0.100. The number of carbonyl (C=O) groups excluding carboxylic acids is 1. The van der Waals surface area contributed by atoms with Crippen molar-refractivity contribution in [3.05, 3.63) is 41.0 Å². The molecule has 0 bridgehead atoms. The number of primary amides is 1. The monoisotopic (exact) mass is 553 g/mol. The Labute approximate surface area is 237 Å². The topological polar surface area (TPSA) is 125 Å². The van der Waals surface area contributed by atoms with Crippen LogP contribution in [0.3, 0.4) is 0 Å². The fraction of sp³-hybridized carbons (Fsp3) is 0.586. The summed E-state index contributed by atoms with van der Waals surface area (Å²) < 4.78 is 7.72. The summed E-state index contributed by atoms with van der Waals surface area (Å²) in [7, 11) is 1.96. The molecule has 10 heteroatoms. The SMILES string of the molecule is CCCC(COC(N)=CC=Nc1ccc(C(N)=O)c(N2C[C@@H](Cc3c(S)c(C)nn3C)CC2(C)C)n1)C1CC1. The Morgan fingerprint density at radius 1 is 1.33 bits per heavy atom. The van der Waals surface area contributed by atoms with Gasteiger partial charge in [-0.2, -0.15) is 5.10 Å². The van der Waals surface area contributed by atoms with Crippen LogP contribution in [0.5, 0.6) is 0 Å². The summed E-state index contributed by atoms with van der Waals surface area (Å²) in [6.45, 7) is 9.88. The molecule has 2 aromatic heterocycles. The van der Waals surface area contributed by atoms with Gasteiger partial charge in [0.25, 0.3) is 5.91 Å². The van der Waals surface area contributed by atoms with E-state index in [0.29, 0.717) is 41.5 Å². The van der Waals surface area contributed by atoms with Crippen molar-refractivity contribution in [1.29, 1.82) is 0 Å². The van der Waals surface area contributed by atoms with Gasteiger partial charge < -0.3 is 21.1 Å². The van der Waals surface area contributed by atoms with Gasteiger partial charge in [0.05, 0.1) is 23.6 Å². The van der Waals surface area contributed by atoms with Crippen LogP contribution in [-0.2, 0) is 18.2 Å². The van der Waals surface area contributed by atoms with Crippen LogP contribution in [0.15, 0.2) is 34.0 Å².